The van der Waals surface area contributed by atoms with Crippen molar-refractivity contribution in [2.24, 2.45) is 52.1 Å². The van der Waals surface area contributed by atoms with Crippen LogP contribution in [-0.4, -0.2) is 24.0 Å². The van der Waals surface area contributed by atoms with Crippen LogP contribution < -0.4 is 11.1 Å². The maximum Gasteiger partial charge on any atom is 0.395 e. The topological polar surface area (TPSA) is 72.2 Å². The van der Waals surface area contributed by atoms with E-state index in [2.05, 4.69) is 25.7 Å². The second kappa shape index (κ2) is 7.24. The van der Waals surface area contributed by atoms with Crippen LogP contribution in [-0.2, 0) is 9.59 Å². The van der Waals surface area contributed by atoms with Crippen LogP contribution in [0.25, 0.3) is 0 Å². The van der Waals surface area contributed by atoms with Gasteiger partial charge in [0, 0.05) is 6.04 Å². The maximum absolute atomic E-state index is 14.0. The molecule has 7 heteroatoms. The lowest BCUT2D eigenvalue weighted by atomic mass is 9.46. The Bertz CT molecular complexity index is 796. The first-order valence-electron chi connectivity index (χ1n) is 11.6. The van der Waals surface area contributed by atoms with E-state index in [4.69, 9.17) is 5.73 Å². The quantitative estimate of drug-likeness (QED) is 0.498. The zero-order chi connectivity index (χ0) is 22.9. The van der Waals surface area contributed by atoms with Gasteiger partial charge in [0.25, 0.3) is 0 Å². The number of nitrogens with two attached hydrogens (primary N) is 1. The largest absolute Gasteiger partial charge is 0.395 e. The van der Waals surface area contributed by atoms with Gasteiger partial charge in [0.15, 0.2) is 0 Å². The van der Waals surface area contributed by atoms with Crippen molar-refractivity contribution in [3.63, 3.8) is 0 Å². The van der Waals surface area contributed by atoms with Gasteiger partial charge in [-0.05, 0) is 86.4 Å². The minimum atomic E-state index is -4.27. The third-order valence-electron chi connectivity index (χ3n) is 9.85. The van der Waals surface area contributed by atoms with E-state index < -0.39 is 29.8 Å². The number of fused-ring (bicyclic) bond motifs is 5. The molecule has 1 heterocycles. The second-order valence-corrected chi connectivity index (χ2v) is 11.3. The van der Waals surface area contributed by atoms with Gasteiger partial charge in [0.05, 0.1) is 5.92 Å². The highest BCUT2D eigenvalue weighted by atomic mass is 19.4. The molecule has 4 rings (SSSR count). The lowest BCUT2D eigenvalue weighted by molar-refractivity contribution is -0.194. The lowest BCUT2D eigenvalue weighted by Gasteiger charge is -2.61. The Balaban J connectivity index is 1.63. The highest BCUT2D eigenvalue weighted by Gasteiger charge is 2.64. The molecular weight excluding hydrogens is 405 g/mol. The number of rotatable bonds is 3. The monoisotopic (exact) mass is 440 g/mol. The van der Waals surface area contributed by atoms with Gasteiger partial charge in [-0.25, -0.2) is 0 Å². The highest BCUT2D eigenvalue weighted by molar-refractivity contribution is 6.00. The number of alkyl halides is 3. The number of halogens is 3. The summed E-state index contributed by atoms with van der Waals surface area (Å²) in [5.74, 6) is -2.69. The summed E-state index contributed by atoms with van der Waals surface area (Å²) >= 11 is 0. The molecule has 9 atom stereocenters. The summed E-state index contributed by atoms with van der Waals surface area (Å²) in [5, 5.41) is 3.05. The normalized spacial score (nSPS) is 45.7. The second-order valence-electron chi connectivity index (χ2n) is 11.3. The highest BCUT2D eigenvalue weighted by Crippen LogP contribution is 2.68. The number of carbonyl (C=O) groups excluding carboxylic acids is 2. The summed E-state index contributed by atoms with van der Waals surface area (Å²) in [6, 6.07) is 0.0109. The average molecular weight is 441 g/mol. The standard InChI is InChI=1S/C24H35F3N2O2/c1-12(2)19(24(25,26)27)17-7-6-15-13-5-8-18-23(4,16(13)9-10-22(15,17)3)11-14(20(28)30)21(31)29-18/h13-19H,1,5-11H2,2-4H3,(H2,28,30)(H,29,31)/t13-,14?,15-,16+,17?,18?,19?,22-,23+/m0/s1. The number of hydrogen-bond acceptors (Lipinski definition) is 2. The molecule has 0 spiro atoms. The fourth-order valence-corrected chi connectivity index (χ4v) is 8.46. The van der Waals surface area contributed by atoms with Crippen molar-refractivity contribution in [2.75, 3.05) is 0 Å². The van der Waals surface area contributed by atoms with E-state index in [-0.39, 0.29) is 34.3 Å². The number of primary amides is 1. The SMILES string of the molecule is C=C(C)C(C1CC[C@H]2[C@@H]3CCC4NC(=O)C(C(N)=O)C[C@]4(C)[C@@H]3CC[C@]12C)C(F)(F)F. The first-order chi connectivity index (χ1) is 14.3. The Morgan fingerprint density at radius 1 is 1.13 bits per heavy atom. The molecule has 0 aromatic carbocycles. The Morgan fingerprint density at radius 2 is 1.77 bits per heavy atom. The van der Waals surface area contributed by atoms with Crippen LogP contribution in [0.4, 0.5) is 13.2 Å². The molecular formula is C24H35F3N2O2. The molecule has 2 amide bonds. The summed E-state index contributed by atoms with van der Waals surface area (Å²) in [6.07, 6.45) is 0.903. The van der Waals surface area contributed by atoms with Crippen LogP contribution >= 0.6 is 0 Å². The molecule has 0 radical (unpaired) electrons. The number of amides is 2. The summed E-state index contributed by atoms with van der Waals surface area (Å²) in [4.78, 5) is 24.3. The summed E-state index contributed by atoms with van der Waals surface area (Å²) in [6.45, 7) is 9.46. The van der Waals surface area contributed by atoms with Gasteiger partial charge in [-0.2, -0.15) is 13.2 Å². The van der Waals surface area contributed by atoms with Crippen LogP contribution in [0.5, 0.6) is 0 Å². The zero-order valence-corrected chi connectivity index (χ0v) is 18.7. The molecule has 174 valence electrons. The van der Waals surface area contributed by atoms with E-state index in [0.717, 1.165) is 32.1 Å². The minimum absolute atomic E-state index is 0.0109. The predicted octanol–water partition coefficient (Wildman–Crippen LogP) is 4.59. The third-order valence-corrected chi connectivity index (χ3v) is 9.85. The number of allylic oxidation sites excluding steroid dienone is 1. The molecule has 0 aromatic heterocycles. The van der Waals surface area contributed by atoms with Gasteiger partial charge >= 0.3 is 6.18 Å². The molecule has 4 fully saturated rings. The van der Waals surface area contributed by atoms with Crippen molar-refractivity contribution in [3.8, 4) is 0 Å². The van der Waals surface area contributed by atoms with Crippen molar-refractivity contribution < 1.29 is 22.8 Å². The van der Waals surface area contributed by atoms with Gasteiger partial charge < -0.3 is 11.1 Å². The van der Waals surface area contributed by atoms with E-state index in [9.17, 15) is 22.8 Å². The predicted molar refractivity (Wildman–Crippen MR) is 111 cm³/mol. The maximum atomic E-state index is 14.0. The van der Waals surface area contributed by atoms with E-state index in [1.165, 1.54) is 6.92 Å². The fourth-order valence-electron chi connectivity index (χ4n) is 8.46. The summed E-state index contributed by atoms with van der Waals surface area (Å²) in [7, 11) is 0. The van der Waals surface area contributed by atoms with E-state index >= 15 is 0 Å². The Labute approximate surface area is 182 Å². The van der Waals surface area contributed by atoms with Crippen molar-refractivity contribution in [1.29, 1.82) is 0 Å². The van der Waals surface area contributed by atoms with Gasteiger partial charge in [0.2, 0.25) is 11.8 Å². The molecule has 31 heavy (non-hydrogen) atoms. The van der Waals surface area contributed by atoms with Gasteiger partial charge in [-0.3, -0.25) is 9.59 Å². The fraction of sp³-hybridized carbons (Fsp3) is 0.833. The minimum Gasteiger partial charge on any atom is -0.369 e. The first kappa shape index (κ1) is 22.7. The molecule has 4 nitrogen and oxygen atoms in total. The van der Waals surface area contributed by atoms with Crippen LogP contribution in [0.2, 0.25) is 0 Å². The molecule has 3 N–H and O–H groups in total. The van der Waals surface area contributed by atoms with Crippen LogP contribution in [0.3, 0.4) is 0 Å². The first-order valence-corrected chi connectivity index (χ1v) is 11.6. The Morgan fingerprint density at radius 3 is 2.35 bits per heavy atom. The number of hydrogen-bond donors (Lipinski definition) is 2. The van der Waals surface area contributed by atoms with Crippen LogP contribution in [0, 0.1) is 46.3 Å². The molecule has 4 unspecified atom stereocenters. The third kappa shape index (κ3) is 3.32. The number of nitrogens with one attached hydrogen (secondary N) is 1. The molecule has 3 aliphatic carbocycles. The van der Waals surface area contributed by atoms with Crippen LogP contribution in [0.15, 0.2) is 12.2 Å². The summed E-state index contributed by atoms with van der Waals surface area (Å²) < 4.78 is 41.9. The Hall–Kier alpha value is -1.53. The number of carbonyl (C=O) groups is 2. The smallest absolute Gasteiger partial charge is 0.369 e. The van der Waals surface area contributed by atoms with E-state index in [1.54, 1.807) is 0 Å². The molecule has 0 aromatic rings. The average Bonchev–Trinajstić information content (AvgIpc) is 2.97. The van der Waals surface area contributed by atoms with Crippen molar-refractivity contribution in [2.45, 2.75) is 77.9 Å². The number of piperidine rings is 1. The van der Waals surface area contributed by atoms with Crippen molar-refractivity contribution in [3.05, 3.63) is 12.2 Å². The van der Waals surface area contributed by atoms with Gasteiger partial charge in [0.1, 0.15) is 5.92 Å². The van der Waals surface area contributed by atoms with Crippen molar-refractivity contribution >= 4 is 11.8 Å². The zero-order valence-electron chi connectivity index (χ0n) is 18.7. The molecule has 1 aliphatic heterocycles. The molecule has 0 bridgehead atoms. The van der Waals surface area contributed by atoms with Gasteiger partial charge in [-0.1, -0.05) is 26.0 Å². The van der Waals surface area contributed by atoms with E-state index in [1.807, 2.05) is 0 Å². The molecule has 4 aliphatic rings. The van der Waals surface area contributed by atoms with E-state index in [0.29, 0.717) is 24.7 Å². The van der Waals surface area contributed by atoms with Crippen molar-refractivity contribution in [1.82, 2.24) is 5.32 Å². The molecule has 1 saturated heterocycles. The van der Waals surface area contributed by atoms with Crippen LogP contribution in [0.1, 0.15) is 65.7 Å². The molecule has 3 saturated carbocycles. The Kier molecular flexibility index (Phi) is 5.29. The lowest BCUT2D eigenvalue weighted by Crippen LogP contribution is -2.64. The summed E-state index contributed by atoms with van der Waals surface area (Å²) in [5.41, 5.74) is 5.14. The van der Waals surface area contributed by atoms with Gasteiger partial charge in [-0.15, -0.1) is 0 Å².